The van der Waals surface area contributed by atoms with Crippen LogP contribution < -0.4 is 0 Å². The van der Waals surface area contributed by atoms with E-state index in [0.717, 1.165) is 23.7 Å². The average Bonchev–Trinajstić information content (AvgIpc) is 3.44. The number of unbranched alkanes of at least 4 members (excludes halogenated alkanes) is 1. The fraction of sp³-hybridized carbons (Fsp3) is 0.586. The summed E-state index contributed by atoms with van der Waals surface area (Å²) in [5.74, 6) is 3.73. The van der Waals surface area contributed by atoms with Crippen molar-refractivity contribution in [3.8, 4) is 0 Å². The van der Waals surface area contributed by atoms with Crippen molar-refractivity contribution < 1.29 is 20.8 Å². The zero-order chi connectivity index (χ0) is 21.4. The van der Waals surface area contributed by atoms with E-state index in [1.807, 2.05) is 0 Å². The van der Waals surface area contributed by atoms with Gasteiger partial charge in [0.1, 0.15) is 0 Å². The minimum absolute atomic E-state index is 0. The summed E-state index contributed by atoms with van der Waals surface area (Å²) in [4.78, 5) is 0. The molecule has 32 heavy (non-hydrogen) atoms. The van der Waals surface area contributed by atoms with Gasteiger partial charge in [-0.05, 0) is 61.3 Å². The summed E-state index contributed by atoms with van der Waals surface area (Å²) in [5.41, 5.74) is 1.49. The van der Waals surface area contributed by atoms with Crippen LogP contribution in [0.1, 0.15) is 83.1 Å². The molecule has 3 aliphatic rings. The van der Waals surface area contributed by atoms with Crippen LogP contribution in [0.3, 0.4) is 0 Å². The first-order valence-corrected chi connectivity index (χ1v) is 18.5. The summed E-state index contributed by atoms with van der Waals surface area (Å²) in [6.07, 6.45) is 26.6. The first-order chi connectivity index (χ1) is 14.8. The summed E-state index contributed by atoms with van der Waals surface area (Å²) in [5, 5.41) is 0. The van der Waals surface area contributed by atoms with E-state index in [9.17, 15) is 0 Å². The number of hydrogen-bond donors (Lipinski definition) is 0. The Balaban J connectivity index is 0.000000586. The van der Waals surface area contributed by atoms with E-state index in [2.05, 4.69) is 61.6 Å². The second-order valence-electron chi connectivity index (χ2n) is 9.09. The van der Waals surface area contributed by atoms with Crippen LogP contribution in [-0.4, -0.2) is 0 Å². The van der Waals surface area contributed by atoms with Crippen molar-refractivity contribution in [1.82, 2.24) is 0 Å². The maximum absolute atomic E-state index is 4.93. The summed E-state index contributed by atoms with van der Waals surface area (Å²) in [7, 11) is 9.87. The van der Waals surface area contributed by atoms with Gasteiger partial charge in [-0.3, -0.25) is 0 Å². The van der Waals surface area contributed by atoms with E-state index in [-0.39, 0.29) is 14.9 Å². The Hall–Kier alpha value is 0.163. The van der Waals surface area contributed by atoms with Crippen LogP contribution in [-0.2, 0) is 27.3 Å². The molecule has 0 saturated heterocycles. The molecule has 0 bridgehead atoms. The molecule has 0 N–H and O–H groups in total. The first-order valence-electron chi connectivity index (χ1n) is 12.1. The van der Waals surface area contributed by atoms with Crippen LogP contribution in [0.25, 0.3) is 0 Å². The van der Waals surface area contributed by atoms with Crippen LogP contribution in [0.4, 0.5) is 0 Å². The third-order valence-corrected chi connectivity index (χ3v) is 7.04. The van der Waals surface area contributed by atoms with Gasteiger partial charge >= 0.3 is 37.9 Å². The standard InChI is InChI=1S/C18H22.C9H18.2CH3.2ClH.Zr/c1-2-7-15(8-3-1)9-6-11-17-14-13-16-10-4-5-12-18(16)17;1-2-3-6-9-7-4-5-8-9;;;;;/h1-5,7-8,10,12,16-18H,6,9,11,13-14H2;9H,2-8H2,1H3;2*1H3;2*1H;/q;;2*-1;;;+4/p-2. The van der Waals surface area contributed by atoms with E-state index < -0.39 is 20.8 Å². The fourth-order valence-corrected chi connectivity index (χ4v) is 5.41. The number of rotatable bonds is 7. The van der Waals surface area contributed by atoms with Gasteiger partial charge in [0, 0.05) is 0 Å². The van der Waals surface area contributed by atoms with Gasteiger partial charge in [0.05, 0.1) is 0 Å². The van der Waals surface area contributed by atoms with Crippen molar-refractivity contribution in [2.75, 3.05) is 0 Å². The van der Waals surface area contributed by atoms with Crippen molar-refractivity contribution in [3.63, 3.8) is 0 Å². The molecule has 1 aromatic carbocycles. The van der Waals surface area contributed by atoms with E-state index in [1.165, 1.54) is 82.6 Å². The number of aryl methyl sites for hydroxylation is 1. The molecule has 2 saturated carbocycles. The second-order valence-corrected chi connectivity index (χ2v) is 12.8. The molecule has 0 aromatic heterocycles. The average molecular weight is 557 g/mol. The zero-order valence-corrected chi connectivity index (χ0v) is 24.7. The molecule has 180 valence electrons. The summed E-state index contributed by atoms with van der Waals surface area (Å²) in [6.45, 7) is 2.29. The van der Waals surface area contributed by atoms with Crippen LogP contribution >= 0.6 is 17.0 Å². The number of benzene rings is 1. The van der Waals surface area contributed by atoms with Gasteiger partial charge in [-0.2, -0.15) is 0 Å². The molecule has 2 fully saturated rings. The fourth-order valence-electron chi connectivity index (χ4n) is 5.41. The van der Waals surface area contributed by atoms with Crippen molar-refractivity contribution >= 4 is 17.0 Å². The second kappa shape index (κ2) is 20.5. The predicted molar refractivity (Wildman–Crippen MR) is 143 cm³/mol. The molecule has 3 heteroatoms. The molecule has 3 unspecified atom stereocenters. The number of halogens is 2. The zero-order valence-electron chi connectivity index (χ0n) is 20.7. The van der Waals surface area contributed by atoms with E-state index in [0.29, 0.717) is 0 Å². The molecule has 0 radical (unpaired) electrons. The summed E-state index contributed by atoms with van der Waals surface area (Å²) >= 11 is -0.826. The van der Waals surface area contributed by atoms with Crippen LogP contribution in [0, 0.1) is 38.5 Å². The molecule has 0 nitrogen and oxygen atoms in total. The Morgan fingerprint density at radius 3 is 2.16 bits per heavy atom. The van der Waals surface area contributed by atoms with Gasteiger partial charge in [-0.1, -0.05) is 107 Å². The van der Waals surface area contributed by atoms with Crippen molar-refractivity contribution in [2.45, 2.75) is 84.0 Å². The monoisotopic (exact) mass is 554 g/mol. The third kappa shape index (κ3) is 12.6. The molecule has 4 rings (SSSR count). The molecule has 0 spiro atoms. The van der Waals surface area contributed by atoms with Crippen molar-refractivity contribution in [3.05, 3.63) is 75.1 Å². The van der Waals surface area contributed by atoms with Crippen LogP contribution in [0.2, 0.25) is 0 Å². The van der Waals surface area contributed by atoms with Crippen LogP contribution in [0.5, 0.6) is 0 Å². The quantitative estimate of drug-likeness (QED) is 0.293. The van der Waals surface area contributed by atoms with E-state index in [4.69, 9.17) is 17.0 Å². The minimum atomic E-state index is -0.826. The summed E-state index contributed by atoms with van der Waals surface area (Å²) < 4.78 is 0. The predicted octanol–water partition coefficient (Wildman–Crippen LogP) is 10.4. The maximum atomic E-state index is 4.93. The molecule has 0 amide bonds. The Labute approximate surface area is 219 Å². The molecule has 1 aromatic rings. The topological polar surface area (TPSA) is 0 Å². The molecule has 3 atom stereocenters. The van der Waals surface area contributed by atoms with Crippen LogP contribution in [0.15, 0.2) is 54.6 Å². The van der Waals surface area contributed by atoms with Gasteiger partial charge in [-0.25, -0.2) is 0 Å². The van der Waals surface area contributed by atoms with E-state index >= 15 is 0 Å². The van der Waals surface area contributed by atoms with Gasteiger partial charge < -0.3 is 14.9 Å². The van der Waals surface area contributed by atoms with Gasteiger partial charge in [0.25, 0.3) is 0 Å². The van der Waals surface area contributed by atoms with Gasteiger partial charge in [0.2, 0.25) is 0 Å². The SMILES string of the molecule is C1=CC2CCC(CCCc3ccccc3)C2C=C1.CCCCC1CCCC1.[CH3-].[CH3-].[Cl][Zr+2][Cl]. The van der Waals surface area contributed by atoms with Crippen molar-refractivity contribution in [1.29, 1.82) is 0 Å². The summed E-state index contributed by atoms with van der Waals surface area (Å²) in [6, 6.07) is 10.9. The number of hydrogen-bond acceptors (Lipinski definition) is 0. The normalized spacial score (nSPS) is 22.8. The number of fused-ring (bicyclic) bond motifs is 1. The first kappa shape index (κ1) is 32.2. The Kier molecular flexibility index (Phi) is 20.6. The third-order valence-electron chi connectivity index (χ3n) is 7.04. The Morgan fingerprint density at radius 1 is 0.844 bits per heavy atom. The van der Waals surface area contributed by atoms with Gasteiger partial charge in [0.15, 0.2) is 0 Å². The Morgan fingerprint density at radius 2 is 1.50 bits per heavy atom. The molecule has 3 aliphatic carbocycles. The molecule has 0 aliphatic heterocycles. The van der Waals surface area contributed by atoms with Crippen molar-refractivity contribution in [2.24, 2.45) is 23.7 Å². The molecular formula is C29H46Cl2Zr. The molecule has 0 heterocycles. The number of allylic oxidation sites excluding steroid dienone is 4. The Bertz CT molecular complexity index is 592. The van der Waals surface area contributed by atoms with Gasteiger partial charge in [-0.15, -0.1) is 0 Å². The van der Waals surface area contributed by atoms with E-state index in [1.54, 1.807) is 0 Å². The molecular weight excluding hydrogens is 510 g/mol.